The van der Waals surface area contributed by atoms with Crippen molar-refractivity contribution in [3.63, 3.8) is 0 Å². The zero-order chi connectivity index (χ0) is 25.4. The van der Waals surface area contributed by atoms with Crippen LogP contribution in [-0.4, -0.2) is 42.4 Å². The largest absolute Gasteiger partial charge is 0.463 e. The molecule has 8 atom stereocenters. The Balaban J connectivity index is 2.19. The number of carbonyl (C=O) groups is 4. The normalized spacial score (nSPS) is 39.5. The van der Waals surface area contributed by atoms with Gasteiger partial charge in [-0.15, -0.1) is 0 Å². The van der Waals surface area contributed by atoms with Crippen LogP contribution in [0.3, 0.4) is 0 Å². The SMILES string of the molecule is C=C/C(C)=C\C[C@]1(C)[C@H](C)CC(=O)[C@@]23[C@H](OC(C)=O)O[C@H](OC(C)=O)[C@@H]2C[C@@H](OC(C)=O)C[C@@H]13. The second-order valence-electron chi connectivity index (χ2n) is 10.2. The van der Waals surface area contributed by atoms with Crippen molar-refractivity contribution in [3.8, 4) is 0 Å². The summed E-state index contributed by atoms with van der Waals surface area (Å²) in [5, 5.41) is 0. The van der Waals surface area contributed by atoms with E-state index < -0.39 is 53.3 Å². The Morgan fingerprint density at radius 3 is 2.24 bits per heavy atom. The van der Waals surface area contributed by atoms with E-state index in [1.165, 1.54) is 20.8 Å². The van der Waals surface area contributed by atoms with Crippen molar-refractivity contribution in [3.05, 3.63) is 24.3 Å². The second kappa shape index (κ2) is 9.64. The smallest absolute Gasteiger partial charge is 0.304 e. The average Bonchev–Trinajstić information content (AvgIpc) is 3.02. The molecule has 0 radical (unpaired) electrons. The summed E-state index contributed by atoms with van der Waals surface area (Å²) < 4.78 is 22.7. The summed E-state index contributed by atoms with van der Waals surface area (Å²) in [5.41, 5.74) is -0.609. The van der Waals surface area contributed by atoms with E-state index in [1.54, 1.807) is 6.08 Å². The van der Waals surface area contributed by atoms with Gasteiger partial charge in [0.25, 0.3) is 0 Å². The highest BCUT2D eigenvalue weighted by molar-refractivity contribution is 5.88. The first-order chi connectivity index (χ1) is 15.9. The Hall–Kier alpha value is -2.48. The molecule has 188 valence electrons. The standard InChI is InChI=1S/C26H36O8/c1-8-14(2)9-10-25(7)15(3)11-22(30)26-20(12-19(13-21(25)26)31-16(4)27)23(32-17(5)28)34-24(26)33-18(6)29/h8-9,15,19-21,23-24H,1,10-13H2,2-7H3/b14-9-/t15-,19-,20+,21+,23+,24-,25-,26-/m1/s1. The maximum atomic E-state index is 13.9. The van der Waals surface area contributed by atoms with Crippen LogP contribution in [0.15, 0.2) is 24.3 Å². The van der Waals surface area contributed by atoms with Gasteiger partial charge in [-0.05, 0) is 43.4 Å². The molecule has 2 saturated carbocycles. The van der Waals surface area contributed by atoms with Crippen LogP contribution in [0.2, 0.25) is 0 Å². The Labute approximate surface area is 201 Å². The number of hydrogen-bond acceptors (Lipinski definition) is 8. The van der Waals surface area contributed by atoms with Crippen LogP contribution >= 0.6 is 0 Å². The first-order valence-electron chi connectivity index (χ1n) is 11.9. The van der Waals surface area contributed by atoms with Crippen molar-refractivity contribution in [2.45, 2.75) is 85.9 Å². The lowest BCUT2D eigenvalue weighted by Gasteiger charge is -2.59. The summed E-state index contributed by atoms with van der Waals surface area (Å²) >= 11 is 0. The van der Waals surface area contributed by atoms with Crippen LogP contribution < -0.4 is 0 Å². The quantitative estimate of drug-likeness (QED) is 0.323. The minimum atomic E-state index is -1.21. The van der Waals surface area contributed by atoms with E-state index in [9.17, 15) is 19.2 Å². The van der Waals surface area contributed by atoms with Crippen LogP contribution in [-0.2, 0) is 38.1 Å². The van der Waals surface area contributed by atoms with E-state index >= 15 is 0 Å². The lowest BCUT2D eigenvalue weighted by molar-refractivity contribution is -0.231. The van der Waals surface area contributed by atoms with Gasteiger partial charge in [0, 0.05) is 33.1 Å². The van der Waals surface area contributed by atoms with Crippen molar-refractivity contribution in [1.29, 1.82) is 0 Å². The molecule has 0 aromatic rings. The lowest BCUT2D eigenvalue weighted by Crippen LogP contribution is -2.64. The zero-order valence-electron chi connectivity index (χ0n) is 20.9. The molecular formula is C26H36O8. The predicted molar refractivity (Wildman–Crippen MR) is 122 cm³/mol. The lowest BCUT2D eigenvalue weighted by atomic mass is 9.43. The Kier molecular flexibility index (Phi) is 7.41. The highest BCUT2D eigenvalue weighted by atomic mass is 16.8. The van der Waals surface area contributed by atoms with Gasteiger partial charge in [0.2, 0.25) is 12.6 Å². The van der Waals surface area contributed by atoms with Crippen LogP contribution in [0.5, 0.6) is 0 Å². The zero-order valence-corrected chi connectivity index (χ0v) is 20.9. The number of Topliss-reactive ketones (excluding diaryl/α,β-unsaturated/α-hetero) is 1. The van der Waals surface area contributed by atoms with Gasteiger partial charge in [-0.1, -0.05) is 38.2 Å². The fourth-order valence-corrected chi connectivity index (χ4v) is 6.36. The maximum absolute atomic E-state index is 13.9. The molecule has 2 aliphatic carbocycles. The highest BCUT2D eigenvalue weighted by Gasteiger charge is 2.74. The molecule has 1 spiro atoms. The van der Waals surface area contributed by atoms with Crippen molar-refractivity contribution in [1.82, 2.24) is 0 Å². The van der Waals surface area contributed by atoms with Crippen LogP contribution in [0, 0.1) is 28.6 Å². The van der Waals surface area contributed by atoms with Crippen LogP contribution in [0.1, 0.15) is 67.2 Å². The molecule has 3 rings (SSSR count). The van der Waals surface area contributed by atoms with Crippen molar-refractivity contribution >= 4 is 23.7 Å². The molecule has 1 aliphatic heterocycles. The molecule has 8 nitrogen and oxygen atoms in total. The summed E-state index contributed by atoms with van der Waals surface area (Å²) in [6.07, 6.45) is 2.72. The van der Waals surface area contributed by atoms with Gasteiger partial charge >= 0.3 is 17.9 Å². The molecule has 1 saturated heterocycles. The molecule has 8 heteroatoms. The number of allylic oxidation sites excluding steroid dienone is 3. The summed E-state index contributed by atoms with van der Waals surface area (Å²) in [5.74, 6) is -2.61. The Morgan fingerprint density at radius 2 is 1.68 bits per heavy atom. The van der Waals surface area contributed by atoms with Crippen molar-refractivity contribution in [2.75, 3.05) is 0 Å². The monoisotopic (exact) mass is 476 g/mol. The summed E-state index contributed by atoms with van der Waals surface area (Å²) in [6, 6.07) is 0. The third kappa shape index (κ3) is 4.44. The molecule has 3 fully saturated rings. The first-order valence-corrected chi connectivity index (χ1v) is 11.9. The number of hydrogen-bond donors (Lipinski definition) is 0. The molecule has 0 bridgehead atoms. The van der Waals surface area contributed by atoms with Gasteiger partial charge in [0.1, 0.15) is 17.3 Å². The molecule has 0 aromatic heterocycles. The van der Waals surface area contributed by atoms with E-state index in [1.807, 2.05) is 13.8 Å². The van der Waals surface area contributed by atoms with Gasteiger partial charge < -0.3 is 18.9 Å². The molecule has 0 aromatic carbocycles. The van der Waals surface area contributed by atoms with E-state index in [-0.39, 0.29) is 30.5 Å². The summed E-state index contributed by atoms with van der Waals surface area (Å²) in [6.45, 7) is 13.8. The third-order valence-corrected chi connectivity index (χ3v) is 8.15. The molecule has 0 amide bonds. The van der Waals surface area contributed by atoms with Crippen molar-refractivity contribution in [2.24, 2.45) is 28.6 Å². The molecule has 3 aliphatic rings. The maximum Gasteiger partial charge on any atom is 0.304 e. The van der Waals surface area contributed by atoms with Gasteiger partial charge in [0.15, 0.2) is 0 Å². The summed E-state index contributed by atoms with van der Waals surface area (Å²) in [4.78, 5) is 49.8. The molecule has 1 heterocycles. The fourth-order valence-electron chi connectivity index (χ4n) is 6.36. The highest BCUT2D eigenvalue weighted by Crippen LogP contribution is 2.67. The first kappa shape index (κ1) is 26.1. The number of esters is 3. The molecule has 34 heavy (non-hydrogen) atoms. The van der Waals surface area contributed by atoms with E-state index in [0.29, 0.717) is 12.8 Å². The third-order valence-electron chi connectivity index (χ3n) is 8.15. The van der Waals surface area contributed by atoms with Crippen molar-refractivity contribution < 1.29 is 38.1 Å². The predicted octanol–water partition coefficient (Wildman–Crippen LogP) is 3.88. The van der Waals surface area contributed by atoms with Gasteiger partial charge in [0.05, 0.1) is 0 Å². The number of ketones is 1. The topological polar surface area (TPSA) is 105 Å². The number of carbonyl (C=O) groups excluding carboxylic acids is 4. The minimum absolute atomic E-state index is 0.00646. The van der Waals surface area contributed by atoms with E-state index in [2.05, 4.69) is 19.6 Å². The number of rotatable bonds is 6. The Morgan fingerprint density at radius 1 is 1.06 bits per heavy atom. The van der Waals surface area contributed by atoms with E-state index in [0.717, 1.165) is 5.57 Å². The molecule has 0 unspecified atom stereocenters. The minimum Gasteiger partial charge on any atom is -0.463 e. The molecule has 0 N–H and O–H groups in total. The van der Waals surface area contributed by atoms with Gasteiger partial charge in [-0.3, -0.25) is 19.2 Å². The molecular weight excluding hydrogens is 440 g/mol. The number of ether oxygens (including phenoxy) is 4. The second-order valence-corrected chi connectivity index (χ2v) is 10.2. The fraction of sp³-hybridized carbons (Fsp3) is 0.692. The van der Waals surface area contributed by atoms with Gasteiger partial charge in [-0.2, -0.15) is 0 Å². The van der Waals surface area contributed by atoms with Crippen LogP contribution in [0.25, 0.3) is 0 Å². The van der Waals surface area contributed by atoms with Gasteiger partial charge in [-0.25, -0.2) is 0 Å². The van der Waals surface area contributed by atoms with Crippen LogP contribution in [0.4, 0.5) is 0 Å². The average molecular weight is 477 g/mol. The summed E-state index contributed by atoms with van der Waals surface area (Å²) in [7, 11) is 0. The Bertz CT molecular complexity index is 906. The van der Waals surface area contributed by atoms with E-state index in [4.69, 9.17) is 18.9 Å².